The number of aliphatic hydroxyl groups is 1. The smallest absolute Gasteiger partial charge is 0.135 e. The van der Waals surface area contributed by atoms with Gasteiger partial charge in [-0.25, -0.2) is 0 Å². The summed E-state index contributed by atoms with van der Waals surface area (Å²) in [6.45, 7) is 10.7. The molecule has 0 amide bonds. The molecule has 1 atom stereocenters. The first-order valence-electron chi connectivity index (χ1n) is 11.6. The van der Waals surface area contributed by atoms with E-state index in [2.05, 4.69) is 30.2 Å². The minimum atomic E-state index is -1.00. The largest absolute Gasteiger partial charge is 0.497 e. The van der Waals surface area contributed by atoms with Gasteiger partial charge in [-0.15, -0.1) is 13.2 Å². The topological polar surface area (TPSA) is 55.1 Å². The van der Waals surface area contributed by atoms with Crippen LogP contribution in [0.15, 0.2) is 66.1 Å². The van der Waals surface area contributed by atoms with E-state index in [-0.39, 0.29) is 6.10 Å². The third-order valence-electron chi connectivity index (χ3n) is 6.07. The van der Waals surface area contributed by atoms with Crippen molar-refractivity contribution in [2.75, 3.05) is 20.3 Å². The van der Waals surface area contributed by atoms with Crippen molar-refractivity contribution in [2.24, 2.45) is 0 Å². The quantitative estimate of drug-likeness (QED) is 0.389. The third-order valence-corrected chi connectivity index (χ3v) is 6.07. The summed E-state index contributed by atoms with van der Waals surface area (Å²) in [4.78, 5) is 2.35. The fourth-order valence-corrected chi connectivity index (χ4v) is 4.24. The third kappa shape index (κ3) is 6.83. The Balaban J connectivity index is 1.73. The standard InChI is InChI=1S/C27H37NO4/c1-4-6-16-27(29,17-7-5-2)26-15-14-25(32-26)21-28(20-24-9-8-18-31-24)19-22-10-12-23(30-3)13-11-22/h4-5,10-15,24,29H,1-2,6-9,16-21H2,3H3. The molecule has 3 rings (SSSR count). The van der Waals surface area contributed by atoms with Crippen LogP contribution in [-0.4, -0.2) is 36.4 Å². The van der Waals surface area contributed by atoms with Gasteiger partial charge < -0.3 is 19.0 Å². The number of methoxy groups -OCH3 is 1. The number of allylic oxidation sites excluding steroid dienone is 2. The number of nitrogens with zero attached hydrogens (tertiary/aromatic N) is 1. The zero-order chi connectivity index (χ0) is 22.8. The van der Waals surface area contributed by atoms with Crippen LogP contribution in [0.3, 0.4) is 0 Å². The molecule has 1 aliphatic heterocycles. The van der Waals surface area contributed by atoms with Crippen molar-refractivity contribution in [3.8, 4) is 5.75 Å². The van der Waals surface area contributed by atoms with Crippen LogP contribution in [0.5, 0.6) is 5.75 Å². The van der Waals surface area contributed by atoms with Crippen LogP contribution in [0, 0.1) is 0 Å². The molecule has 32 heavy (non-hydrogen) atoms. The second-order valence-corrected chi connectivity index (χ2v) is 8.60. The van der Waals surface area contributed by atoms with E-state index in [1.54, 1.807) is 7.11 Å². The average molecular weight is 440 g/mol. The van der Waals surface area contributed by atoms with Crippen LogP contribution >= 0.6 is 0 Å². The summed E-state index contributed by atoms with van der Waals surface area (Å²) in [5.74, 6) is 2.33. The molecular weight excluding hydrogens is 402 g/mol. The van der Waals surface area contributed by atoms with E-state index < -0.39 is 5.60 Å². The molecule has 5 heteroatoms. The van der Waals surface area contributed by atoms with E-state index in [1.807, 2.05) is 36.4 Å². The maximum Gasteiger partial charge on any atom is 0.135 e. The highest BCUT2D eigenvalue weighted by atomic mass is 16.5. The molecule has 2 aromatic rings. The number of ether oxygens (including phenoxy) is 2. The molecular formula is C27H37NO4. The van der Waals surface area contributed by atoms with Crippen molar-refractivity contribution in [1.29, 1.82) is 0 Å². The highest BCUT2D eigenvalue weighted by Crippen LogP contribution is 2.33. The van der Waals surface area contributed by atoms with Gasteiger partial charge in [-0.1, -0.05) is 24.3 Å². The van der Waals surface area contributed by atoms with Gasteiger partial charge in [0.1, 0.15) is 22.9 Å². The lowest BCUT2D eigenvalue weighted by atomic mass is 9.89. The Labute approximate surface area is 192 Å². The predicted molar refractivity (Wildman–Crippen MR) is 128 cm³/mol. The van der Waals surface area contributed by atoms with E-state index >= 15 is 0 Å². The molecule has 0 bridgehead atoms. The fraction of sp³-hybridized carbons (Fsp3) is 0.481. The van der Waals surface area contributed by atoms with Crippen molar-refractivity contribution >= 4 is 0 Å². The monoisotopic (exact) mass is 439 g/mol. The van der Waals surface area contributed by atoms with Gasteiger partial charge in [0.05, 0.1) is 19.8 Å². The van der Waals surface area contributed by atoms with E-state index in [4.69, 9.17) is 13.9 Å². The van der Waals surface area contributed by atoms with Crippen molar-refractivity contribution in [2.45, 2.75) is 63.3 Å². The Morgan fingerprint density at radius 2 is 1.81 bits per heavy atom. The summed E-state index contributed by atoms with van der Waals surface area (Å²) < 4.78 is 17.4. The first-order valence-corrected chi connectivity index (χ1v) is 11.6. The minimum absolute atomic E-state index is 0.250. The van der Waals surface area contributed by atoms with E-state index in [9.17, 15) is 5.11 Å². The molecule has 5 nitrogen and oxygen atoms in total. The number of hydrogen-bond donors (Lipinski definition) is 1. The van der Waals surface area contributed by atoms with Crippen LogP contribution in [0.1, 0.15) is 55.6 Å². The Kier molecular flexibility index (Phi) is 9.15. The van der Waals surface area contributed by atoms with E-state index in [1.165, 1.54) is 5.56 Å². The molecule has 1 aromatic carbocycles. The van der Waals surface area contributed by atoms with Gasteiger partial charge in [0.2, 0.25) is 0 Å². The molecule has 0 saturated carbocycles. The summed E-state index contributed by atoms with van der Waals surface area (Å²) >= 11 is 0. The Hall–Kier alpha value is -2.34. The van der Waals surface area contributed by atoms with Gasteiger partial charge >= 0.3 is 0 Å². The maximum absolute atomic E-state index is 11.3. The molecule has 1 N–H and O–H groups in total. The Bertz CT molecular complexity index is 824. The maximum atomic E-state index is 11.3. The zero-order valence-corrected chi connectivity index (χ0v) is 19.3. The van der Waals surface area contributed by atoms with Crippen LogP contribution < -0.4 is 4.74 Å². The molecule has 0 aliphatic carbocycles. The Morgan fingerprint density at radius 3 is 2.41 bits per heavy atom. The summed E-state index contributed by atoms with van der Waals surface area (Å²) in [5, 5.41) is 11.3. The second kappa shape index (κ2) is 12.0. The van der Waals surface area contributed by atoms with E-state index in [0.717, 1.165) is 56.9 Å². The lowest BCUT2D eigenvalue weighted by molar-refractivity contribution is -0.00261. The summed E-state index contributed by atoms with van der Waals surface area (Å²) in [5.41, 5.74) is 0.208. The van der Waals surface area contributed by atoms with Crippen LogP contribution in [-0.2, 0) is 23.4 Å². The van der Waals surface area contributed by atoms with Gasteiger partial charge in [-0.2, -0.15) is 0 Å². The first kappa shape index (κ1) is 24.3. The van der Waals surface area contributed by atoms with Gasteiger partial charge in [-0.05, 0) is 68.4 Å². The van der Waals surface area contributed by atoms with E-state index in [0.29, 0.717) is 25.1 Å². The van der Waals surface area contributed by atoms with Gasteiger partial charge in [0, 0.05) is 19.7 Å². The molecule has 174 valence electrons. The zero-order valence-electron chi connectivity index (χ0n) is 19.3. The average Bonchev–Trinajstić information content (AvgIpc) is 3.49. The molecule has 1 aromatic heterocycles. The van der Waals surface area contributed by atoms with Crippen molar-refractivity contribution in [3.05, 3.63) is 78.8 Å². The van der Waals surface area contributed by atoms with Crippen LogP contribution in [0.2, 0.25) is 0 Å². The molecule has 0 spiro atoms. The highest BCUT2D eigenvalue weighted by Gasteiger charge is 2.31. The number of furan rings is 1. The van der Waals surface area contributed by atoms with Crippen LogP contribution in [0.4, 0.5) is 0 Å². The summed E-state index contributed by atoms with van der Waals surface area (Å²) in [7, 11) is 1.68. The van der Waals surface area contributed by atoms with Crippen molar-refractivity contribution in [3.63, 3.8) is 0 Å². The van der Waals surface area contributed by atoms with Gasteiger partial charge in [0.15, 0.2) is 0 Å². The molecule has 1 fully saturated rings. The molecule has 1 aliphatic rings. The van der Waals surface area contributed by atoms with Gasteiger partial charge in [0.25, 0.3) is 0 Å². The normalized spacial score (nSPS) is 16.4. The summed E-state index contributed by atoms with van der Waals surface area (Å²) in [6.07, 6.45) is 8.75. The molecule has 0 radical (unpaired) electrons. The van der Waals surface area contributed by atoms with Crippen LogP contribution in [0.25, 0.3) is 0 Å². The number of hydrogen-bond acceptors (Lipinski definition) is 5. The molecule has 2 heterocycles. The van der Waals surface area contributed by atoms with Crippen molar-refractivity contribution < 1.29 is 19.0 Å². The van der Waals surface area contributed by atoms with Gasteiger partial charge in [-0.3, -0.25) is 4.90 Å². The highest BCUT2D eigenvalue weighted by molar-refractivity contribution is 5.27. The first-order chi connectivity index (χ1) is 15.6. The predicted octanol–water partition coefficient (Wildman–Crippen LogP) is 5.59. The second-order valence-electron chi connectivity index (χ2n) is 8.60. The fourth-order valence-electron chi connectivity index (χ4n) is 4.24. The van der Waals surface area contributed by atoms with Crippen molar-refractivity contribution in [1.82, 2.24) is 4.90 Å². The minimum Gasteiger partial charge on any atom is -0.497 e. The molecule has 1 saturated heterocycles. The lowest BCUT2D eigenvalue weighted by Crippen LogP contribution is -2.31. The molecule has 1 unspecified atom stereocenters. The Morgan fingerprint density at radius 1 is 1.09 bits per heavy atom. The number of rotatable bonds is 14. The SMILES string of the molecule is C=CCCC(O)(CCC=C)c1ccc(CN(Cc2ccc(OC)cc2)CC2CCCO2)o1. The summed E-state index contributed by atoms with van der Waals surface area (Å²) in [6, 6.07) is 12.1. The lowest BCUT2D eigenvalue weighted by Gasteiger charge is -2.26. The number of benzene rings is 1.